The largest absolute Gasteiger partial charge is 0.374 e. The standard InChI is InChI=1S/C13H21NO3/c15-13(12-6-3-8-16-12)14-7-9-17-11-5-2-1-4-10(11)14/h10-12H,1-9H2/t10-,11-,12+/m1/s1. The van der Waals surface area contributed by atoms with Crippen molar-refractivity contribution in [3.63, 3.8) is 0 Å². The minimum Gasteiger partial charge on any atom is -0.374 e. The van der Waals surface area contributed by atoms with E-state index in [1.165, 1.54) is 12.8 Å². The number of fused-ring (bicyclic) bond motifs is 1. The summed E-state index contributed by atoms with van der Waals surface area (Å²) in [5.74, 6) is 0.211. The predicted molar refractivity (Wildman–Crippen MR) is 62.7 cm³/mol. The highest BCUT2D eigenvalue weighted by Gasteiger charge is 2.39. The number of hydrogen-bond donors (Lipinski definition) is 0. The average Bonchev–Trinajstić information content (AvgIpc) is 2.91. The fourth-order valence-corrected chi connectivity index (χ4v) is 3.33. The van der Waals surface area contributed by atoms with Gasteiger partial charge in [-0.2, -0.15) is 0 Å². The first kappa shape index (κ1) is 11.5. The van der Waals surface area contributed by atoms with E-state index in [1.807, 2.05) is 4.90 Å². The number of nitrogens with zero attached hydrogens (tertiary/aromatic N) is 1. The van der Waals surface area contributed by atoms with Gasteiger partial charge in [-0.15, -0.1) is 0 Å². The summed E-state index contributed by atoms with van der Waals surface area (Å²) in [7, 11) is 0. The molecule has 17 heavy (non-hydrogen) atoms. The van der Waals surface area contributed by atoms with Gasteiger partial charge in [-0.25, -0.2) is 0 Å². The zero-order chi connectivity index (χ0) is 11.7. The number of carbonyl (C=O) groups excluding carboxylic acids is 1. The van der Waals surface area contributed by atoms with Gasteiger partial charge in [0.25, 0.3) is 5.91 Å². The molecule has 0 unspecified atom stereocenters. The lowest BCUT2D eigenvalue weighted by molar-refractivity contribution is -0.158. The Labute approximate surface area is 102 Å². The van der Waals surface area contributed by atoms with Gasteiger partial charge in [0.15, 0.2) is 0 Å². The topological polar surface area (TPSA) is 38.8 Å². The SMILES string of the molecule is O=C([C@@H]1CCCO1)N1CCO[C@@H]2CCCC[C@H]21. The smallest absolute Gasteiger partial charge is 0.252 e. The van der Waals surface area contributed by atoms with Gasteiger partial charge in [0.05, 0.1) is 18.8 Å². The summed E-state index contributed by atoms with van der Waals surface area (Å²) in [6, 6.07) is 0.314. The highest BCUT2D eigenvalue weighted by Crippen LogP contribution is 2.29. The predicted octanol–water partition coefficient (Wildman–Crippen LogP) is 1.34. The molecule has 0 aromatic carbocycles. The Kier molecular flexibility index (Phi) is 3.34. The van der Waals surface area contributed by atoms with Crippen LogP contribution in [0, 0.1) is 0 Å². The molecule has 3 rings (SSSR count). The molecule has 0 N–H and O–H groups in total. The van der Waals surface area contributed by atoms with Crippen molar-refractivity contribution in [2.75, 3.05) is 19.8 Å². The van der Waals surface area contributed by atoms with E-state index < -0.39 is 0 Å². The molecule has 2 aliphatic heterocycles. The molecule has 4 heteroatoms. The summed E-state index contributed by atoms with van der Waals surface area (Å²) in [5.41, 5.74) is 0. The van der Waals surface area contributed by atoms with Crippen LogP contribution in [0.4, 0.5) is 0 Å². The maximum Gasteiger partial charge on any atom is 0.252 e. The van der Waals surface area contributed by atoms with Gasteiger partial charge < -0.3 is 14.4 Å². The van der Waals surface area contributed by atoms with Crippen LogP contribution in [0.25, 0.3) is 0 Å². The molecule has 3 aliphatic rings. The molecule has 0 spiro atoms. The third-order valence-electron chi connectivity index (χ3n) is 4.22. The fraction of sp³-hybridized carbons (Fsp3) is 0.923. The summed E-state index contributed by atoms with van der Waals surface area (Å²) in [4.78, 5) is 14.4. The third kappa shape index (κ3) is 2.20. The van der Waals surface area contributed by atoms with Crippen LogP contribution in [0.3, 0.4) is 0 Å². The molecule has 0 radical (unpaired) electrons. The van der Waals surface area contributed by atoms with E-state index in [0.717, 1.165) is 38.8 Å². The van der Waals surface area contributed by atoms with Gasteiger partial charge in [0.2, 0.25) is 0 Å². The Bertz CT molecular complexity index is 286. The second kappa shape index (κ2) is 4.94. The van der Waals surface area contributed by atoms with Gasteiger partial charge in [-0.1, -0.05) is 12.8 Å². The molecule has 1 amide bonds. The van der Waals surface area contributed by atoms with Crippen molar-refractivity contribution in [2.24, 2.45) is 0 Å². The van der Waals surface area contributed by atoms with Crippen LogP contribution in [0.1, 0.15) is 38.5 Å². The molecule has 1 aliphatic carbocycles. The van der Waals surface area contributed by atoms with Gasteiger partial charge in [0.1, 0.15) is 6.10 Å². The zero-order valence-corrected chi connectivity index (χ0v) is 10.3. The third-order valence-corrected chi connectivity index (χ3v) is 4.22. The number of carbonyl (C=O) groups is 1. The first-order chi connectivity index (χ1) is 8.36. The van der Waals surface area contributed by atoms with Crippen LogP contribution in [0.2, 0.25) is 0 Å². The molecule has 2 saturated heterocycles. The van der Waals surface area contributed by atoms with Crippen molar-refractivity contribution in [3.05, 3.63) is 0 Å². The monoisotopic (exact) mass is 239 g/mol. The van der Waals surface area contributed by atoms with Crippen LogP contribution in [0.15, 0.2) is 0 Å². The van der Waals surface area contributed by atoms with Crippen molar-refractivity contribution in [2.45, 2.75) is 56.8 Å². The molecule has 3 atom stereocenters. The molecular weight excluding hydrogens is 218 g/mol. The van der Waals surface area contributed by atoms with Gasteiger partial charge >= 0.3 is 0 Å². The summed E-state index contributed by atoms with van der Waals surface area (Å²) in [6.07, 6.45) is 6.70. The first-order valence-corrected chi connectivity index (χ1v) is 6.90. The Morgan fingerprint density at radius 1 is 1.00 bits per heavy atom. The first-order valence-electron chi connectivity index (χ1n) is 6.90. The zero-order valence-electron chi connectivity index (χ0n) is 10.3. The van der Waals surface area contributed by atoms with Gasteiger partial charge in [-0.3, -0.25) is 4.79 Å². The normalized spacial score (nSPS) is 37.9. The second-order valence-electron chi connectivity index (χ2n) is 5.29. The van der Waals surface area contributed by atoms with E-state index in [0.29, 0.717) is 12.6 Å². The summed E-state index contributed by atoms with van der Waals surface area (Å²) in [5, 5.41) is 0. The van der Waals surface area contributed by atoms with Gasteiger partial charge in [-0.05, 0) is 25.7 Å². The highest BCUT2D eigenvalue weighted by molar-refractivity contribution is 5.81. The Morgan fingerprint density at radius 2 is 1.88 bits per heavy atom. The quantitative estimate of drug-likeness (QED) is 0.693. The Balaban J connectivity index is 1.69. The molecule has 4 nitrogen and oxygen atoms in total. The molecule has 0 aromatic heterocycles. The lowest BCUT2D eigenvalue weighted by atomic mass is 9.90. The van der Waals surface area contributed by atoms with Crippen molar-refractivity contribution >= 4 is 5.91 Å². The maximum absolute atomic E-state index is 12.4. The highest BCUT2D eigenvalue weighted by atomic mass is 16.5. The molecular formula is C13H21NO3. The van der Waals surface area contributed by atoms with Gasteiger partial charge in [0, 0.05) is 13.2 Å². The van der Waals surface area contributed by atoms with Crippen molar-refractivity contribution < 1.29 is 14.3 Å². The van der Waals surface area contributed by atoms with E-state index >= 15 is 0 Å². The number of hydrogen-bond acceptors (Lipinski definition) is 3. The Morgan fingerprint density at radius 3 is 2.71 bits per heavy atom. The number of morpholine rings is 1. The van der Waals surface area contributed by atoms with E-state index in [1.54, 1.807) is 0 Å². The van der Waals surface area contributed by atoms with Crippen LogP contribution in [-0.4, -0.2) is 48.8 Å². The van der Waals surface area contributed by atoms with E-state index in [-0.39, 0.29) is 18.1 Å². The van der Waals surface area contributed by atoms with Crippen LogP contribution < -0.4 is 0 Å². The van der Waals surface area contributed by atoms with Crippen LogP contribution in [0.5, 0.6) is 0 Å². The minimum atomic E-state index is -0.171. The minimum absolute atomic E-state index is 0.171. The maximum atomic E-state index is 12.4. The van der Waals surface area contributed by atoms with Crippen LogP contribution in [-0.2, 0) is 14.3 Å². The summed E-state index contributed by atoms with van der Waals surface area (Å²) >= 11 is 0. The van der Waals surface area contributed by atoms with E-state index in [2.05, 4.69) is 0 Å². The van der Waals surface area contributed by atoms with Crippen molar-refractivity contribution in [1.29, 1.82) is 0 Å². The van der Waals surface area contributed by atoms with Crippen LogP contribution >= 0.6 is 0 Å². The lowest BCUT2D eigenvalue weighted by Crippen LogP contribution is -2.57. The molecule has 96 valence electrons. The summed E-state index contributed by atoms with van der Waals surface area (Å²) in [6.45, 7) is 2.19. The second-order valence-corrected chi connectivity index (χ2v) is 5.29. The van der Waals surface area contributed by atoms with Crippen molar-refractivity contribution in [3.8, 4) is 0 Å². The average molecular weight is 239 g/mol. The van der Waals surface area contributed by atoms with E-state index in [4.69, 9.17) is 9.47 Å². The Hall–Kier alpha value is -0.610. The molecule has 1 saturated carbocycles. The van der Waals surface area contributed by atoms with Crippen molar-refractivity contribution in [1.82, 2.24) is 4.90 Å². The molecule has 0 aromatic rings. The molecule has 3 fully saturated rings. The fourth-order valence-electron chi connectivity index (χ4n) is 3.33. The molecule has 0 bridgehead atoms. The lowest BCUT2D eigenvalue weighted by Gasteiger charge is -2.44. The number of amides is 1. The van der Waals surface area contributed by atoms with E-state index in [9.17, 15) is 4.79 Å². The summed E-state index contributed by atoms with van der Waals surface area (Å²) < 4.78 is 11.3. The number of ether oxygens (including phenoxy) is 2. The molecule has 2 heterocycles. The number of rotatable bonds is 1.